The second kappa shape index (κ2) is 7.25. The highest BCUT2D eigenvalue weighted by Crippen LogP contribution is 2.16. The van der Waals surface area contributed by atoms with E-state index in [0.717, 1.165) is 6.42 Å². The molecule has 0 saturated carbocycles. The number of pyridine rings is 1. The van der Waals surface area contributed by atoms with Gasteiger partial charge in [0.25, 0.3) is 5.91 Å². The molecule has 3 rings (SSSR count). The number of nitrogens with one attached hydrogen (secondary N) is 2. The van der Waals surface area contributed by atoms with Crippen LogP contribution in [-0.4, -0.2) is 31.2 Å². The standard InChI is InChI=1S/C17H20N6O2/c1-10(2)8-15-20-17(25-23-15)11(3)19-16(24)14-9-13(21-22-14)12-6-4-5-7-18-12/h4-7,9-11H,8H2,1-3H3,(H,19,24)(H,21,22)/t11-/m1/s1. The van der Waals surface area contributed by atoms with Crippen molar-refractivity contribution in [2.24, 2.45) is 5.92 Å². The quantitative estimate of drug-likeness (QED) is 0.713. The first-order chi connectivity index (χ1) is 12.0. The van der Waals surface area contributed by atoms with Crippen LogP contribution in [0.1, 0.15) is 49.0 Å². The van der Waals surface area contributed by atoms with Gasteiger partial charge in [0, 0.05) is 12.6 Å². The third-order valence-electron chi connectivity index (χ3n) is 3.54. The molecule has 0 bridgehead atoms. The van der Waals surface area contributed by atoms with Gasteiger partial charge in [-0.1, -0.05) is 25.1 Å². The first-order valence-corrected chi connectivity index (χ1v) is 8.13. The maximum absolute atomic E-state index is 12.4. The van der Waals surface area contributed by atoms with Crippen LogP contribution in [0.4, 0.5) is 0 Å². The van der Waals surface area contributed by atoms with Crippen LogP contribution >= 0.6 is 0 Å². The number of aromatic amines is 1. The van der Waals surface area contributed by atoms with E-state index in [-0.39, 0.29) is 5.91 Å². The minimum atomic E-state index is -0.400. The Morgan fingerprint density at radius 1 is 1.28 bits per heavy atom. The van der Waals surface area contributed by atoms with Gasteiger partial charge >= 0.3 is 0 Å². The third kappa shape index (κ3) is 4.09. The Labute approximate surface area is 145 Å². The number of nitrogens with zero attached hydrogens (tertiary/aromatic N) is 4. The molecular weight excluding hydrogens is 320 g/mol. The first kappa shape index (κ1) is 16.8. The number of hydrogen-bond acceptors (Lipinski definition) is 6. The van der Waals surface area contributed by atoms with E-state index >= 15 is 0 Å². The second-order valence-corrected chi connectivity index (χ2v) is 6.22. The summed E-state index contributed by atoms with van der Waals surface area (Å²) >= 11 is 0. The summed E-state index contributed by atoms with van der Waals surface area (Å²) in [6, 6.07) is 6.77. The van der Waals surface area contributed by atoms with Gasteiger partial charge in [0.2, 0.25) is 5.89 Å². The van der Waals surface area contributed by atoms with E-state index in [1.807, 2.05) is 18.2 Å². The van der Waals surface area contributed by atoms with E-state index in [4.69, 9.17) is 4.52 Å². The van der Waals surface area contributed by atoms with Gasteiger partial charge in [-0.3, -0.25) is 14.9 Å². The van der Waals surface area contributed by atoms with Gasteiger partial charge in [0.05, 0.1) is 5.69 Å². The lowest BCUT2D eigenvalue weighted by molar-refractivity contribution is 0.0927. The van der Waals surface area contributed by atoms with Gasteiger partial charge in [0.1, 0.15) is 17.4 Å². The zero-order chi connectivity index (χ0) is 17.8. The molecule has 0 aromatic carbocycles. The number of carbonyl (C=O) groups is 1. The molecule has 0 saturated heterocycles. The molecule has 1 atom stereocenters. The summed E-state index contributed by atoms with van der Waals surface area (Å²) in [4.78, 5) is 20.9. The van der Waals surface area contributed by atoms with Gasteiger partial charge < -0.3 is 9.84 Å². The Bertz CT molecular complexity index is 840. The van der Waals surface area contributed by atoms with Crippen LogP contribution in [-0.2, 0) is 6.42 Å². The SMILES string of the molecule is CC(C)Cc1noc([C@@H](C)NC(=O)c2cc(-c3ccccn3)n[nH]2)n1. The molecule has 25 heavy (non-hydrogen) atoms. The van der Waals surface area contributed by atoms with Crippen LogP contribution in [0.5, 0.6) is 0 Å². The molecule has 130 valence electrons. The molecule has 3 aromatic rings. The number of rotatable bonds is 6. The van der Waals surface area contributed by atoms with E-state index in [1.54, 1.807) is 19.2 Å². The van der Waals surface area contributed by atoms with Gasteiger partial charge in [-0.15, -0.1) is 0 Å². The fourth-order valence-electron chi connectivity index (χ4n) is 2.31. The zero-order valence-corrected chi connectivity index (χ0v) is 14.4. The Hall–Kier alpha value is -3.03. The fourth-order valence-corrected chi connectivity index (χ4v) is 2.31. The predicted molar refractivity (Wildman–Crippen MR) is 90.5 cm³/mol. The summed E-state index contributed by atoms with van der Waals surface area (Å²) < 4.78 is 5.23. The summed E-state index contributed by atoms with van der Waals surface area (Å²) in [7, 11) is 0. The average molecular weight is 340 g/mol. The molecule has 3 heterocycles. The van der Waals surface area contributed by atoms with E-state index in [2.05, 4.69) is 44.5 Å². The highest BCUT2D eigenvalue weighted by molar-refractivity contribution is 5.93. The molecule has 0 aliphatic rings. The molecule has 0 radical (unpaired) electrons. The molecule has 1 amide bonds. The van der Waals surface area contributed by atoms with E-state index in [0.29, 0.717) is 34.7 Å². The number of carbonyl (C=O) groups excluding carboxylic acids is 1. The Kier molecular flexibility index (Phi) is 4.87. The smallest absolute Gasteiger partial charge is 0.269 e. The van der Waals surface area contributed by atoms with E-state index < -0.39 is 6.04 Å². The number of hydrogen-bond donors (Lipinski definition) is 2. The van der Waals surface area contributed by atoms with Crippen molar-refractivity contribution in [3.63, 3.8) is 0 Å². The van der Waals surface area contributed by atoms with Crippen molar-refractivity contribution in [3.8, 4) is 11.4 Å². The topological polar surface area (TPSA) is 110 Å². The predicted octanol–water partition coefficient (Wildman–Crippen LogP) is 2.54. The van der Waals surface area contributed by atoms with Gasteiger partial charge in [-0.25, -0.2) is 0 Å². The fraction of sp³-hybridized carbons (Fsp3) is 0.353. The monoisotopic (exact) mass is 340 g/mol. The molecule has 8 heteroatoms. The molecule has 0 spiro atoms. The van der Waals surface area contributed by atoms with Gasteiger partial charge in [-0.2, -0.15) is 10.1 Å². The minimum Gasteiger partial charge on any atom is -0.339 e. The van der Waals surface area contributed by atoms with Crippen molar-refractivity contribution >= 4 is 5.91 Å². The molecule has 0 fully saturated rings. The number of amides is 1. The van der Waals surface area contributed by atoms with Crippen LogP contribution in [0.15, 0.2) is 35.0 Å². The van der Waals surface area contributed by atoms with E-state index in [9.17, 15) is 4.79 Å². The molecule has 0 aliphatic carbocycles. The van der Waals surface area contributed by atoms with Crippen molar-refractivity contribution in [1.82, 2.24) is 30.6 Å². The van der Waals surface area contributed by atoms with Crippen LogP contribution < -0.4 is 5.32 Å². The highest BCUT2D eigenvalue weighted by Gasteiger charge is 2.19. The van der Waals surface area contributed by atoms with Crippen LogP contribution in [0.3, 0.4) is 0 Å². The molecule has 0 unspecified atom stereocenters. The normalized spacial score (nSPS) is 12.3. The molecular formula is C17H20N6O2. The Morgan fingerprint density at radius 2 is 2.12 bits per heavy atom. The average Bonchev–Trinajstić information content (AvgIpc) is 3.24. The maximum Gasteiger partial charge on any atom is 0.269 e. The lowest BCUT2D eigenvalue weighted by atomic mass is 10.1. The largest absolute Gasteiger partial charge is 0.339 e. The summed E-state index contributed by atoms with van der Waals surface area (Å²) in [5.41, 5.74) is 1.64. The maximum atomic E-state index is 12.4. The van der Waals surface area contributed by atoms with Crippen molar-refractivity contribution < 1.29 is 9.32 Å². The lowest BCUT2D eigenvalue weighted by Crippen LogP contribution is -2.27. The van der Waals surface area contributed by atoms with Crippen molar-refractivity contribution in [2.45, 2.75) is 33.2 Å². The molecule has 8 nitrogen and oxygen atoms in total. The summed E-state index contributed by atoms with van der Waals surface area (Å²) in [6.07, 6.45) is 2.41. The van der Waals surface area contributed by atoms with Crippen molar-refractivity contribution in [3.05, 3.63) is 47.9 Å². The first-order valence-electron chi connectivity index (χ1n) is 8.13. The van der Waals surface area contributed by atoms with Crippen LogP contribution in [0.2, 0.25) is 0 Å². The number of H-pyrrole nitrogens is 1. The van der Waals surface area contributed by atoms with Crippen molar-refractivity contribution in [1.29, 1.82) is 0 Å². The summed E-state index contributed by atoms with van der Waals surface area (Å²) in [6.45, 7) is 5.96. The summed E-state index contributed by atoms with van der Waals surface area (Å²) in [5.74, 6) is 1.16. The van der Waals surface area contributed by atoms with Gasteiger partial charge in [-0.05, 0) is 31.0 Å². The Morgan fingerprint density at radius 3 is 2.84 bits per heavy atom. The van der Waals surface area contributed by atoms with Crippen LogP contribution in [0, 0.1) is 5.92 Å². The molecule has 0 aliphatic heterocycles. The van der Waals surface area contributed by atoms with Gasteiger partial charge in [0.15, 0.2) is 5.82 Å². The molecule has 3 aromatic heterocycles. The van der Waals surface area contributed by atoms with E-state index in [1.165, 1.54) is 0 Å². The highest BCUT2D eigenvalue weighted by atomic mass is 16.5. The second-order valence-electron chi connectivity index (χ2n) is 6.22. The van der Waals surface area contributed by atoms with Crippen LogP contribution in [0.25, 0.3) is 11.4 Å². The molecule has 2 N–H and O–H groups in total. The zero-order valence-electron chi connectivity index (χ0n) is 14.4. The minimum absolute atomic E-state index is 0.300. The summed E-state index contributed by atoms with van der Waals surface area (Å²) in [5, 5.41) is 13.6. The van der Waals surface area contributed by atoms with Crippen molar-refractivity contribution in [2.75, 3.05) is 0 Å². The third-order valence-corrected chi connectivity index (χ3v) is 3.54. The lowest BCUT2D eigenvalue weighted by Gasteiger charge is -2.07. The number of aromatic nitrogens is 5. The Balaban J connectivity index is 1.66.